The van der Waals surface area contributed by atoms with Crippen molar-refractivity contribution in [1.82, 2.24) is 29.8 Å². The van der Waals surface area contributed by atoms with E-state index in [2.05, 4.69) is 76.6 Å². The number of hydrogen-bond donors (Lipinski definition) is 2. The number of aromatic nitrogens is 4. The van der Waals surface area contributed by atoms with Crippen LogP contribution in [0.3, 0.4) is 0 Å². The van der Waals surface area contributed by atoms with Crippen molar-refractivity contribution in [3.63, 3.8) is 0 Å². The van der Waals surface area contributed by atoms with E-state index in [9.17, 15) is 4.79 Å². The van der Waals surface area contributed by atoms with E-state index in [4.69, 9.17) is 0 Å². The van der Waals surface area contributed by atoms with E-state index in [1.165, 1.54) is 27.7 Å². The van der Waals surface area contributed by atoms with Gasteiger partial charge in [-0.15, -0.1) is 10.2 Å². The molecule has 1 fully saturated rings. The van der Waals surface area contributed by atoms with Gasteiger partial charge in [-0.25, -0.2) is 0 Å². The zero-order chi connectivity index (χ0) is 23.1. The van der Waals surface area contributed by atoms with Gasteiger partial charge in [0.05, 0.1) is 12.2 Å². The van der Waals surface area contributed by atoms with Crippen molar-refractivity contribution in [3.05, 3.63) is 53.5 Å². The second-order valence-corrected chi connectivity index (χ2v) is 9.57. The van der Waals surface area contributed by atoms with E-state index in [1.807, 2.05) is 4.40 Å². The van der Waals surface area contributed by atoms with Crippen molar-refractivity contribution < 1.29 is 4.79 Å². The van der Waals surface area contributed by atoms with Gasteiger partial charge in [-0.05, 0) is 79.6 Å². The van der Waals surface area contributed by atoms with Crippen molar-refractivity contribution in [2.24, 2.45) is 0 Å². The summed E-state index contributed by atoms with van der Waals surface area (Å²) in [7, 11) is 1.70. The van der Waals surface area contributed by atoms with Crippen LogP contribution in [0.25, 0.3) is 27.8 Å². The predicted octanol–water partition coefficient (Wildman–Crippen LogP) is 4.23. The molecule has 7 nitrogen and oxygen atoms in total. The van der Waals surface area contributed by atoms with Crippen molar-refractivity contribution >= 4 is 22.5 Å². The maximum absolute atomic E-state index is 11.7. The molecule has 0 atom stereocenters. The Balaban J connectivity index is 1.48. The maximum Gasteiger partial charge on any atom is 0.233 e. The minimum absolute atomic E-state index is 0.0937. The highest BCUT2D eigenvalue weighted by molar-refractivity contribution is 5.92. The van der Waals surface area contributed by atoms with Gasteiger partial charge in [-0.2, -0.15) is 0 Å². The van der Waals surface area contributed by atoms with Gasteiger partial charge in [0.15, 0.2) is 5.65 Å². The Morgan fingerprint density at radius 3 is 2.76 bits per heavy atom. The maximum atomic E-state index is 11.7. The van der Waals surface area contributed by atoms with Crippen LogP contribution in [0.15, 0.2) is 36.8 Å². The number of H-pyrrole nitrogens is 1. The summed E-state index contributed by atoms with van der Waals surface area (Å²) in [5.41, 5.74) is 8.28. The molecule has 5 rings (SSSR count). The molecular weight excluding hydrogens is 412 g/mol. The van der Waals surface area contributed by atoms with Gasteiger partial charge >= 0.3 is 0 Å². The highest BCUT2D eigenvalue weighted by atomic mass is 16.1. The van der Waals surface area contributed by atoms with Gasteiger partial charge in [0.25, 0.3) is 0 Å². The van der Waals surface area contributed by atoms with Crippen LogP contribution in [0.2, 0.25) is 0 Å². The quantitative estimate of drug-likeness (QED) is 0.483. The van der Waals surface area contributed by atoms with E-state index in [1.54, 1.807) is 13.4 Å². The molecule has 0 unspecified atom stereocenters. The summed E-state index contributed by atoms with van der Waals surface area (Å²) >= 11 is 0. The molecule has 2 N–H and O–H groups in total. The second-order valence-electron chi connectivity index (χ2n) is 9.57. The standard InChI is InChI=1S/C26H32N6O/c1-16(2)24-21-12-19(18-7-9-31(10-8-18)14-23(33)27-4)5-6-22(21)29-25(24)20-11-17(3)26-30-28-15-32(26)13-20/h5-6,11-13,15-16,18,29H,7-10,14H2,1-4H3,(H,27,33). The number of nitrogens with one attached hydrogen (secondary N) is 2. The zero-order valence-corrected chi connectivity index (χ0v) is 19.9. The van der Waals surface area contributed by atoms with Crippen molar-refractivity contribution in [2.45, 2.75) is 45.4 Å². The molecule has 0 spiro atoms. The zero-order valence-electron chi connectivity index (χ0n) is 19.9. The van der Waals surface area contributed by atoms with Crippen molar-refractivity contribution in [3.8, 4) is 11.3 Å². The Morgan fingerprint density at radius 1 is 1.24 bits per heavy atom. The average Bonchev–Trinajstić information content (AvgIpc) is 3.44. The Labute approximate surface area is 194 Å². The smallest absolute Gasteiger partial charge is 0.233 e. The van der Waals surface area contributed by atoms with Gasteiger partial charge in [-0.3, -0.25) is 14.1 Å². The summed E-state index contributed by atoms with van der Waals surface area (Å²) in [6.45, 7) is 9.03. The number of rotatable bonds is 5. The summed E-state index contributed by atoms with van der Waals surface area (Å²) in [5, 5.41) is 12.3. The number of carbonyl (C=O) groups is 1. The van der Waals surface area contributed by atoms with E-state index >= 15 is 0 Å². The molecule has 1 aliphatic heterocycles. The first-order valence-corrected chi connectivity index (χ1v) is 11.8. The highest BCUT2D eigenvalue weighted by Gasteiger charge is 2.24. The topological polar surface area (TPSA) is 78.3 Å². The largest absolute Gasteiger partial charge is 0.358 e. The van der Waals surface area contributed by atoms with Crippen LogP contribution in [-0.4, -0.2) is 57.1 Å². The Bertz CT molecular complexity index is 1310. The van der Waals surface area contributed by atoms with Gasteiger partial charge in [0.2, 0.25) is 5.91 Å². The van der Waals surface area contributed by atoms with Crippen LogP contribution in [0, 0.1) is 6.92 Å². The fourth-order valence-corrected chi connectivity index (χ4v) is 5.26. The first kappa shape index (κ1) is 21.6. The minimum atomic E-state index is 0.0937. The number of aromatic amines is 1. The Kier molecular flexibility index (Phi) is 5.66. The molecule has 33 heavy (non-hydrogen) atoms. The number of amides is 1. The molecule has 0 aliphatic carbocycles. The van der Waals surface area contributed by atoms with Gasteiger partial charge in [0, 0.05) is 29.7 Å². The Morgan fingerprint density at radius 2 is 2.03 bits per heavy atom. The van der Waals surface area contributed by atoms with Crippen molar-refractivity contribution in [2.75, 3.05) is 26.7 Å². The van der Waals surface area contributed by atoms with Gasteiger partial charge in [0.1, 0.15) is 6.33 Å². The molecule has 172 valence electrons. The molecule has 0 saturated carbocycles. The fraction of sp³-hybridized carbons (Fsp3) is 0.423. The summed E-state index contributed by atoms with van der Waals surface area (Å²) in [4.78, 5) is 17.7. The van der Waals surface area contributed by atoms with Crippen LogP contribution < -0.4 is 5.32 Å². The first-order valence-electron chi connectivity index (χ1n) is 11.8. The summed E-state index contributed by atoms with van der Waals surface area (Å²) in [6, 6.07) is 9.11. The van der Waals surface area contributed by atoms with Gasteiger partial charge < -0.3 is 10.3 Å². The predicted molar refractivity (Wildman–Crippen MR) is 132 cm³/mol. The number of benzene rings is 1. The third-order valence-corrected chi connectivity index (χ3v) is 7.01. The molecule has 0 bridgehead atoms. The molecule has 1 amide bonds. The number of nitrogens with zero attached hydrogens (tertiary/aromatic N) is 4. The number of carbonyl (C=O) groups excluding carboxylic acids is 1. The van der Waals surface area contributed by atoms with Crippen LogP contribution in [0.1, 0.15) is 55.2 Å². The molecule has 4 aromatic rings. The summed E-state index contributed by atoms with van der Waals surface area (Å²) in [6.07, 6.45) is 6.04. The number of fused-ring (bicyclic) bond motifs is 2. The third-order valence-electron chi connectivity index (χ3n) is 7.01. The molecule has 1 aliphatic rings. The number of pyridine rings is 1. The van der Waals surface area contributed by atoms with Crippen LogP contribution in [0.5, 0.6) is 0 Å². The summed E-state index contributed by atoms with van der Waals surface area (Å²) < 4.78 is 2.00. The normalized spacial score (nSPS) is 15.7. The van der Waals surface area contributed by atoms with E-state index in [0.717, 1.165) is 42.7 Å². The molecule has 4 heterocycles. The summed E-state index contributed by atoms with van der Waals surface area (Å²) in [5.74, 6) is 1.01. The van der Waals surface area contributed by atoms with E-state index in [-0.39, 0.29) is 5.91 Å². The van der Waals surface area contributed by atoms with E-state index < -0.39 is 0 Å². The number of likely N-dealkylation sites (N-methyl/N-ethyl adjacent to an activating group) is 1. The Hall–Kier alpha value is -3.19. The number of piperidine rings is 1. The first-order chi connectivity index (χ1) is 15.9. The van der Waals surface area contributed by atoms with Gasteiger partial charge in [-0.1, -0.05) is 19.9 Å². The fourth-order valence-electron chi connectivity index (χ4n) is 5.26. The van der Waals surface area contributed by atoms with Crippen LogP contribution in [0.4, 0.5) is 0 Å². The molecular formula is C26H32N6O. The number of hydrogen-bond acceptors (Lipinski definition) is 4. The molecule has 7 heteroatoms. The molecule has 1 aromatic carbocycles. The van der Waals surface area contributed by atoms with Crippen LogP contribution >= 0.6 is 0 Å². The second kappa shape index (κ2) is 8.63. The lowest BCUT2D eigenvalue weighted by Gasteiger charge is -2.31. The lowest BCUT2D eigenvalue weighted by atomic mass is 9.87. The highest BCUT2D eigenvalue weighted by Crippen LogP contribution is 2.38. The molecule has 1 saturated heterocycles. The molecule has 0 radical (unpaired) electrons. The lowest BCUT2D eigenvalue weighted by molar-refractivity contribution is -0.122. The average molecular weight is 445 g/mol. The minimum Gasteiger partial charge on any atom is -0.358 e. The number of aryl methyl sites for hydroxylation is 1. The number of likely N-dealkylation sites (tertiary alicyclic amines) is 1. The van der Waals surface area contributed by atoms with Crippen molar-refractivity contribution in [1.29, 1.82) is 0 Å². The lowest BCUT2D eigenvalue weighted by Crippen LogP contribution is -2.40. The molecule has 3 aromatic heterocycles. The van der Waals surface area contributed by atoms with E-state index in [0.29, 0.717) is 18.4 Å². The van der Waals surface area contributed by atoms with Crippen LogP contribution in [-0.2, 0) is 4.79 Å². The monoisotopic (exact) mass is 444 g/mol. The SMILES string of the molecule is CNC(=O)CN1CCC(c2ccc3[nH]c(-c4cc(C)c5nncn5c4)c(C(C)C)c3c2)CC1. The third kappa shape index (κ3) is 4.02.